The van der Waals surface area contributed by atoms with E-state index in [9.17, 15) is 14.0 Å². The molecule has 0 atom stereocenters. The molecule has 3 aromatic heterocycles. The van der Waals surface area contributed by atoms with Gasteiger partial charge >= 0.3 is 0 Å². The van der Waals surface area contributed by atoms with Crippen molar-refractivity contribution in [3.63, 3.8) is 0 Å². The van der Waals surface area contributed by atoms with Crippen LogP contribution in [0.1, 0.15) is 49.3 Å². The summed E-state index contributed by atoms with van der Waals surface area (Å²) < 4.78 is 26.9. The van der Waals surface area contributed by atoms with Gasteiger partial charge in [0.05, 0.1) is 36.3 Å². The van der Waals surface area contributed by atoms with Crippen LogP contribution in [0.2, 0.25) is 5.02 Å². The number of rotatable bonds is 11. The number of carbonyl (C=O) groups excluding carboxylic acids is 2. The lowest BCUT2D eigenvalue weighted by Gasteiger charge is -2.21. The number of imidazole rings is 1. The number of methoxy groups -OCH3 is 2. The lowest BCUT2D eigenvalue weighted by atomic mass is 9.98. The Balaban J connectivity index is 1.15. The van der Waals surface area contributed by atoms with E-state index in [1.54, 1.807) is 18.2 Å². The quantitative estimate of drug-likeness (QED) is 0.156. The first-order valence-electron chi connectivity index (χ1n) is 16.2. The zero-order valence-corrected chi connectivity index (χ0v) is 29.7. The monoisotopic (exact) mass is 712 g/mol. The summed E-state index contributed by atoms with van der Waals surface area (Å²) in [6.45, 7) is 3.92. The number of nitrogens with one attached hydrogen (secondary N) is 3. The van der Waals surface area contributed by atoms with E-state index in [0.29, 0.717) is 52.2 Å². The van der Waals surface area contributed by atoms with Gasteiger partial charge in [-0.3, -0.25) is 19.6 Å². The van der Waals surface area contributed by atoms with Gasteiger partial charge in [-0.15, -0.1) is 0 Å². The van der Waals surface area contributed by atoms with Crippen molar-refractivity contribution in [2.75, 3.05) is 38.4 Å². The molecule has 51 heavy (non-hydrogen) atoms. The zero-order valence-electron chi connectivity index (χ0n) is 28.9. The van der Waals surface area contributed by atoms with Gasteiger partial charge in [-0.2, -0.15) is 0 Å². The smallest absolute Gasteiger partial charge is 0.291 e. The molecular formula is C37H38ClFN8O4. The fraction of sp³-hybridized carbons (Fsp3) is 0.270. The Hall–Kier alpha value is -5.37. The Labute approximate surface area is 300 Å². The van der Waals surface area contributed by atoms with Gasteiger partial charge in [0, 0.05) is 86.7 Å². The molecule has 0 unspecified atom stereocenters. The molecule has 0 fully saturated rings. The van der Waals surface area contributed by atoms with E-state index in [4.69, 9.17) is 21.1 Å². The van der Waals surface area contributed by atoms with Crippen LogP contribution in [0.4, 0.5) is 15.8 Å². The first kappa shape index (κ1) is 35.5. The number of amides is 2. The second kappa shape index (κ2) is 15.3. The average molecular weight is 713 g/mol. The summed E-state index contributed by atoms with van der Waals surface area (Å²) in [5.41, 5.74) is 6.23. The van der Waals surface area contributed by atoms with Gasteiger partial charge in [-0.25, -0.2) is 9.37 Å². The Morgan fingerprint density at radius 1 is 0.941 bits per heavy atom. The number of pyridine rings is 2. The molecule has 1 aliphatic heterocycles. The largest absolute Gasteiger partial charge is 0.496 e. The molecule has 0 spiro atoms. The van der Waals surface area contributed by atoms with Crippen molar-refractivity contribution >= 4 is 34.8 Å². The lowest BCUT2D eigenvalue weighted by molar-refractivity contribution is 0.100. The third-order valence-electron chi connectivity index (χ3n) is 8.92. The second-order valence-corrected chi connectivity index (χ2v) is 12.6. The first-order chi connectivity index (χ1) is 24.6. The summed E-state index contributed by atoms with van der Waals surface area (Å²) in [6.07, 6.45) is 3.84. The maximum atomic E-state index is 14.5. The standard InChI is InChI=1S/C37H38ClFN8O4/c1-21-23(24-9-7-11-26(33(24)38)45-37(49)35-43-29-20-46(2)15-13-30(29)47(35)3)8-6-10-25(21)44-36(48)27-16-32(51-5)22(18-42-27)17-40-19-28-34(39)31(50-4)12-14-41-28/h6-12,14,16,18,40H,13,15,17,19-20H2,1-5H3,(H,44,48)(H,45,49). The molecule has 3 N–H and O–H groups in total. The highest BCUT2D eigenvalue weighted by Gasteiger charge is 2.25. The highest BCUT2D eigenvalue weighted by atomic mass is 35.5. The van der Waals surface area contributed by atoms with E-state index in [1.165, 1.54) is 32.7 Å². The molecule has 5 aromatic rings. The van der Waals surface area contributed by atoms with Crippen LogP contribution in [0.3, 0.4) is 0 Å². The number of likely N-dealkylation sites (N-methyl/N-ethyl adjacent to an activating group) is 1. The second-order valence-electron chi connectivity index (χ2n) is 12.2. The molecule has 2 amide bonds. The zero-order chi connectivity index (χ0) is 36.2. The molecule has 0 aliphatic carbocycles. The van der Waals surface area contributed by atoms with Crippen LogP contribution < -0.4 is 25.4 Å². The number of benzene rings is 2. The highest BCUT2D eigenvalue weighted by Crippen LogP contribution is 2.38. The summed E-state index contributed by atoms with van der Waals surface area (Å²) in [5.74, 6) is -0.433. The molecule has 264 valence electrons. The number of hydrogen-bond acceptors (Lipinski definition) is 9. The number of carbonyl (C=O) groups is 2. The van der Waals surface area contributed by atoms with Crippen LogP contribution in [-0.4, -0.2) is 64.0 Å². The van der Waals surface area contributed by atoms with Crippen molar-refractivity contribution in [2.45, 2.75) is 33.0 Å². The Kier molecular flexibility index (Phi) is 10.6. The fourth-order valence-electron chi connectivity index (χ4n) is 6.10. The van der Waals surface area contributed by atoms with E-state index in [-0.39, 0.29) is 29.6 Å². The van der Waals surface area contributed by atoms with E-state index in [2.05, 4.69) is 35.8 Å². The molecule has 4 heterocycles. The van der Waals surface area contributed by atoms with Crippen molar-refractivity contribution in [1.29, 1.82) is 0 Å². The predicted octanol–water partition coefficient (Wildman–Crippen LogP) is 5.78. The van der Waals surface area contributed by atoms with Gasteiger partial charge < -0.3 is 34.9 Å². The number of anilines is 2. The van der Waals surface area contributed by atoms with E-state index in [0.717, 1.165) is 35.5 Å². The van der Waals surface area contributed by atoms with Gasteiger partial charge in [-0.1, -0.05) is 35.9 Å². The average Bonchev–Trinajstić information content (AvgIpc) is 3.46. The molecule has 2 aromatic carbocycles. The van der Waals surface area contributed by atoms with Crippen LogP contribution >= 0.6 is 11.6 Å². The van der Waals surface area contributed by atoms with Crippen molar-refractivity contribution in [3.8, 4) is 22.6 Å². The maximum Gasteiger partial charge on any atom is 0.291 e. The Bertz CT molecular complexity index is 2120. The van der Waals surface area contributed by atoms with Crippen LogP contribution in [0, 0.1) is 12.7 Å². The first-order valence-corrected chi connectivity index (χ1v) is 16.6. The number of nitrogens with zero attached hydrogens (tertiary/aromatic N) is 5. The topological polar surface area (TPSA) is 136 Å². The van der Waals surface area contributed by atoms with Crippen LogP contribution in [0.5, 0.6) is 11.5 Å². The van der Waals surface area contributed by atoms with Gasteiger partial charge in [0.2, 0.25) is 0 Å². The molecule has 0 bridgehead atoms. The number of aromatic nitrogens is 4. The van der Waals surface area contributed by atoms with E-state index in [1.807, 2.05) is 49.9 Å². The minimum Gasteiger partial charge on any atom is -0.496 e. The molecule has 14 heteroatoms. The maximum absolute atomic E-state index is 14.5. The van der Waals surface area contributed by atoms with Crippen molar-refractivity contribution < 1.29 is 23.5 Å². The summed E-state index contributed by atoms with van der Waals surface area (Å²) in [7, 11) is 6.79. The summed E-state index contributed by atoms with van der Waals surface area (Å²) >= 11 is 6.91. The summed E-state index contributed by atoms with van der Waals surface area (Å²) in [6, 6.07) is 13.9. The minimum atomic E-state index is -0.530. The third-order valence-corrected chi connectivity index (χ3v) is 9.33. The van der Waals surface area contributed by atoms with E-state index >= 15 is 0 Å². The van der Waals surface area contributed by atoms with Crippen molar-refractivity contribution in [1.82, 2.24) is 29.7 Å². The van der Waals surface area contributed by atoms with Crippen molar-refractivity contribution in [2.24, 2.45) is 7.05 Å². The van der Waals surface area contributed by atoms with Gasteiger partial charge in [-0.05, 0) is 37.2 Å². The van der Waals surface area contributed by atoms with Crippen molar-refractivity contribution in [3.05, 3.63) is 111 Å². The fourth-order valence-corrected chi connectivity index (χ4v) is 6.38. The van der Waals surface area contributed by atoms with Crippen LogP contribution in [-0.2, 0) is 33.1 Å². The SMILES string of the molecule is COc1cc(C(=O)Nc2cccc(-c3cccc(NC(=O)c4nc5c(n4C)CCN(C)C5)c3Cl)c2C)ncc1CNCc1nccc(OC)c1F. The predicted molar refractivity (Wildman–Crippen MR) is 193 cm³/mol. The van der Waals surface area contributed by atoms with Gasteiger partial charge in [0.15, 0.2) is 17.4 Å². The van der Waals surface area contributed by atoms with E-state index < -0.39 is 11.7 Å². The number of fused-ring (bicyclic) bond motifs is 1. The number of ether oxygens (including phenoxy) is 2. The van der Waals surface area contributed by atoms with Gasteiger partial charge in [0.25, 0.3) is 11.8 Å². The molecule has 6 rings (SSSR count). The summed E-state index contributed by atoms with van der Waals surface area (Å²) in [4.78, 5) is 42.0. The van der Waals surface area contributed by atoms with Crippen LogP contribution in [0.15, 0.2) is 60.9 Å². The highest BCUT2D eigenvalue weighted by molar-refractivity contribution is 6.36. The molecule has 12 nitrogen and oxygen atoms in total. The Morgan fingerprint density at radius 2 is 1.67 bits per heavy atom. The van der Waals surface area contributed by atoms with Crippen LogP contribution in [0.25, 0.3) is 11.1 Å². The lowest BCUT2D eigenvalue weighted by Crippen LogP contribution is -2.27. The number of halogens is 2. The Morgan fingerprint density at radius 3 is 2.43 bits per heavy atom. The summed E-state index contributed by atoms with van der Waals surface area (Å²) in [5, 5.41) is 9.37. The number of hydrogen-bond donors (Lipinski definition) is 3. The normalized spacial score (nSPS) is 12.7. The molecule has 0 saturated heterocycles. The molecule has 0 saturated carbocycles. The minimum absolute atomic E-state index is 0.116. The molecule has 0 radical (unpaired) electrons. The molecule has 1 aliphatic rings. The third kappa shape index (κ3) is 7.41. The molecular weight excluding hydrogens is 675 g/mol. The van der Waals surface area contributed by atoms with Gasteiger partial charge in [0.1, 0.15) is 11.4 Å².